The van der Waals surface area contributed by atoms with Gasteiger partial charge < -0.3 is 14.6 Å². The maximum absolute atomic E-state index is 12.6. The molecule has 0 amide bonds. The Balaban J connectivity index is 1.78. The third kappa shape index (κ3) is 4.30. The summed E-state index contributed by atoms with van der Waals surface area (Å²) >= 11 is 12.6. The van der Waals surface area contributed by atoms with Crippen molar-refractivity contribution in [1.82, 2.24) is 15.1 Å². The van der Waals surface area contributed by atoms with Gasteiger partial charge in [0, 0.05) is 17.2 Å². The molecule has 2 heterocycles. The van der Waals surface area contributed by atoms with Crippen molar-refractivity contribution in [1.29, 1.82) is 0 Å². The van der Waals surface area contributed by atoms with Crippen LogP contribution in [0.15, 0.2) is 53.1 Å². The fourth-order valence-electron chi connectivity index (χ4n) is 3.18. The van der Waals surface area contributed by atoms with Crippen molar-refractivity contribution in [2.75, 3.05) is 12.4 Å². The van der Waals surface area contributed by atoms with Gasteiger partial charge in [-0.05, 0) is 26.0 Å². The lowest BCUT2D eigenvalue weighted by molar-refractivity contribution is 0.0602. The topological polar surface area (TPSA) is 90.1 Å². The van der Waals surface area contributed by atoms with Gasteiger partial charge in [0.2, 0.25) is 5.88 Å². The highest BCUT2D eigenvalue weighted by Crippen LogP contribution is 2.39. The van der Waals surface area contributed by atoms with E-state index >= 15 is 0 Å². The number of anilines is 2. The summed E-state index contributed by atoms with van der Waals surface area (Å²) in [6.45, 7) is 3.79. The van der Waals surface area contributed by atoms with Crippen LogP contribution in [0, 0.1) is 13.8 Å². The van der Waals surface area contributed by atoms with Gasteiger partial charge in [0.05, 0.1) is 22.8 Å². The highest BCUT2D eigenvalue weighted by molar-refractivity contribution is 6.39. The number of nitrogens with one attached hydrogen (secondary N) is 1. The Bertz CT molecular complexity index is 1280. The molecule has 1 N–H and O–H groups in total. The summed E-state index contributed by atoms with van der Waals surface area (Å²) < 4.78 is 10.4. The van der Waals surface area contributed by atoms with Crippen LogP contribution in [-0.4, -0.2) is 28.2 Å². The van der Waals surface area contributed by atoms with Crippen molar-refractivity contribution in [3.63, 3.8) is 0 Å². The van der Waals surface area contributed by atoms with E-state index in [9.17, 15) is 4.79 Å². The first-order valence-corrected chi connectivity index (χ1v) is 10.3. The van der Waals surface area contributed by atoms with E-state index in [1.54, 1.807) is 31.2 Å². The number of hydrogen-bond donors (Lipinski definition) is 1. The number of nitrogens with zero attached hydrogens (tertiary/aromatic N) is 3. The third-order valence-corrected chi connectivity index (χ3v) is 5.34. The second-order valence-electron chi connectivity index (χ2n) is 7.00. The second-order valence-corrected chi connectivity index (χ2v) is 7.81. The Morgan fingerprint density at radius 3 is 2.38 bits per heavy atom. The van der Waals surface area contributed by atoms with E-state index in [0.29, 0.717) is 32.9 Å². The smallest absolute Gasteiger partial charge is 0.345 e. The van der Waals surface area contributed by atoms with Crippen molar-refractivity contribution in [3.05, 3.63) is 75.5 Å². The predicted molar refractivity (Wildman–Crippen MR) is 124 cm³/mol. The number of methoxy groups -OCH3 is 1. The molecule has 32 heavy (non-hydrogen) atoms. The SMILES string of the molecule is COC(=O)c1c(-c2c(Cl)cccc2Cl)noc1Nc1cc(-c2ccc(C)cc2)nc(C)n1. The van der Waals surface area contributed by atoms with Gasteiger partial charge in [0.1, 0.15) is 17.3 Å². The lowest BCUT2D eigenvalue weighted by Crippen LogP contribution is -2.06. The third-order valence-electron chi connectivity index (χ3n) is 4.71. The number of aryl methyl sites for hydroxylation is 2. The van der Waals surface area contributed by atoms with E-state index in [2.05, 4.69) is 20.4 Å². The summed E-state index contributed by atoms with van der Waals surface area (Å²) in [5.74, 6) is 0.352. The first-order chi connectivity index (χ1) is 15.4. The Morgan fingerprint density at radius 2 is 1.72 bits per heavy atom. The van der Waals surface area contributed by atoms with E-state index in [0.717, 1.165) is 11.1 Å². The van der Waals surface area contributed by atoms with Crippen LogP contribution >= 0.6 is 23.2 Å². The maximum atomic E-state index is 12.6. The largest absolute Gasteiger partial charge is 0.465 e. The van der Waals surface area contributed by atoms with Crippen LogP contribution in [0.1, 0.15) is 21.7 Å². The fourth-order valence-corrected chi connectivity index (χ4v) is 3.76. The molecule has 0 saturated carbocycles. The molecule has 0 aliphatic heterocycles. The second kappa shape index (κ2) is 8.98. The molecule has 0 aliphatic rings. The van der Waals surface area contributed by atoms with E-state index < -0.39 is 5.97 Å². The zero-order valence-corrected chi connectivity index (χ0v) is 19.0. The number of halogens is 2. The molecule has 0 aliphatic carbocycles. The summed E-state index contributed by atoms with van der Waals surface area (Å²) in [4.78, 5) is 21.5. The van der Waals surface area contributed by atoms with Crippen molar-refractivity contribution in [3.8, 4) is 22.5 Å². The summed E-state index contributed by atoms with van der Waals surface area (Å²) in [5.41, 5.74) is 3.38. The number of esters is 1. The van der Waals surface area contributed by atoms with Crippen LogP contribution in [-0.2, 0) is 4.74 Å². The van der Waals surface area contributed by atoms with Crippen LogP contribution in [0.4, 0.5) is 11.7 Å². The van der Waals surface area contributed by atoms with Gasteiger partial charge in [-0.1, -0.05) is 64.3 Å². The molecule has 0 bridgehead atoms. The lowest BCUT2D eigenvalue weighted by atomic mass is 10.1. The summed E-state index contributed by atoms with van der Waals surface area (Å²) in [5, 5.41) is 7.69. The number of benzene rings is 2. The fraction of sp³-hybridized carbons (Fsp3) is 0.130. The zero-order chi connectivity index (χ0) is 22.8. The Hall–Kier alpha value is -3.42. The average Bonchev–Trinajstić information content (AvgIpc) is 3.16. The molecule has 0 radical (unpaired) electrons. The van der Waals surface area contributed by atoms with Gasteiger partial charge in [-0.2, -0.15) is 0 Å². The van der Waals surface area contributed by atoms with E-state index in [4.69, 9.17) is 32.5 Å². The maximum Gasteiger partial charge on any atom is 0.345 e. The molecule has 162 valence electrons. The van der Waals surface area contributed by atoms with Crippen LogP contribution < -0.4 is 5.32 Å². The first kappa shape index (κ1) is 21.8. The summed E-state index contributed by atoms with van der Waals surface area (Å²) in [6.07, 6.45) is 0. The van der Waals surface area contributed by atoms with Crippen LogP contribution in [0.2, 0.25) is 10.0 Å². The number of carbonyl (C=O) groups is 1. The number of rotatable bonds is 5. The van der Waals surface area contributed by atoms with Gasteiger partial charge in [0.25, 0.3) is 0 Å². The molecule has 0 atom stereocenters. The summed E-state index contributed by atoms with van der Waals surface area (Å²) in [7, 11) is 1.27. The highest BCUT2D eigenvalue weighted by Gasteiger charge is 2.28. The monoisotopic (exact) mass is 468 g/mol. The van der Waals surface area contributed by atoms with E-state index in [1.165, 1.54) is 7.11 Å². The highest BCUT2D eigenvalue weighted by atomic mass is 35.5. The van der Waals surface area contributed by atoms with Crippen LogP contribution in [0.25, 0.3) is 22.5 Å². The molecule has 7 nitrogen and oxygen atoms in total. The molecule has 4 aromatic rings. The zero-order valence-electron chi connectivity index (χ0n) is 17.4. The van der Waals surface area contributed by atoms with Crippen LogP contribution in [0.5, 0.6) is 0 Å². The van der Waals surface area contributed by atoms with E-state index in [1.807, 2.05) is 31.2 Å². The standard InChI is InChI=1S/C23H18Cl2N4O3/c1-12-7-9-14(10-8-12)17-11-18(27-13(2)26-17)28-22-20(23(30)31-3)21(29-32-22)19-15(24)5-4-6-16(19)25/h4-11H,1-3H3,(H,26,27,28). The average molecular weight is 469 g/mol. The van der Waals surface area contributed by atoms with Gasteiger partial charge in [-0.25, -0.2) is 14.8 Å². The number of hydrogen-bond acceptors (Lipinski definition) is 7. The first-order valence-electron chi connectivity index (χ1n) is 9.59. The predicted octanol–water partition coefficient (Wildman–Crippen LogP) is 6.25. The molecule has 2 aromatic heterocycles. The Labute approximate surface area is 194 Å². The molecular weight excluding hydrogens is 451 g/mol. The van der Waals surface area contributed by atoms with E-state index in [-0.39, 0.29) is 17.1 Å². The Kier molecular flexibility index (Phi) is 6.12. The molecule has 4 rings (SSSR count). The molecule has 0 spiro atoms. The van der Waals surface area contributed by atoms with Crippen molar-refractivity contribution in [2.24, 2.45) is 0 Å². The summed E-state index contributed by atoms with van der Waals surface area (Å²) in [6, 6.07) is 14.7. The minimum Gasteiger partial charge on any atom is -0.465 e. The minimum absolute atomic E-state index is 0.0515. The molecule has 0 fully saturated rings. The molecule has 0 unspecified atom stereocenters. The normalized spacial score (nSPS) is 10.8. The van der Waals surface area contributed by atoms with Gasteiger partial charge >= 0.3 is 5.97 Å². The van der Waals surface area contributed by atoms with Gasteiger partial charge in [-0.3, -0.25) is 0 Å². The molecule has 2 aromatic carbocycles. The van der Waals surface area contributed by atoms with Crippen LogP contribution in [0.3, 0.4) is 0 Å². The van der Waals surface area contributed by atoms with Crippen molar-refractivity contribution >= 4 is 40.9 Å². The minimum atomic E-state index is -0.663. The quantitative estimate of drug-likeness (QED) is 0.346. The Morgan fingerprint density at radius 1 is 1.03 bits per heavy atom. The van der Waals surface area contributed by atoms with Gasteiger partial charge in [0.15, 0.2) is 5.56 Å². The lowest BCUT2D eigenvalue weighted by Gasteiger charge is -2.09. The molecule has 9 heteroatoms. The number of aromatic nitrogens is 3. The molecular formula is C23H18Cl2N4O3. The molecule has 0 saturated heterocycles. The van der Waals surface area contributed by atoms with Gasteiger partial charge in [-0.15, -0.1) is 0 Å². The van der Waals surface area contributed by atoms with Crippen molar-refractivity contribution in [2.45, 2.75) is 13.8 Å². The number of ether oxygens (including phenoxy) is 1. The number of carbonyl (C=O) groups excluding carboxylic acids is 1. The van der Waals surface area contributed by atoms with Crippen molar-refractivity contribution < 1.29 is 14.1 Å².